The number of hydrogen-bond donors (Lipinski definition) is 2. The molecular formula is C15H13F2N3OS. The minimum atomic E-state index is -0.526. The molecule has 0 aromatic heterocycles. The predicted molar refractivity (Wildman–Crippen MR) is 84.6 cm³/mol. The number of thiocarbonyl (C=S) groups is 1. The molecule has 0 amide bonds. The summed E-state index contributed by atoms with van der Waals surface area (Å²) in [6.45, 7) is 0.146. The zero-order valence-electron chi connectivity index (χ0n) is 11.4. The van der Waals surface area contributed by atoms with E-state index in [4.69, 9.17) is 10.5 Å². The van der Waals surface area contributed by atoms with Crippen molar-refractivity contribution in [1.29, 1.82) is 0 Å². The Kier molecular flexibility index (Phi) is 5.37. The monoisotopic (exact) mass is 321 g/mol. The third-order valence-electron chi connectivity index (χ3n) is 2.65. The van der Waals surface area contributed by atoms with E-state index >= 15 is 0 Å². The van der Waals surface area contributed by atoms with Crippen LogP contribution in [0.25, 0.3) is 0 Å². The lowest BCUT2D eigenvalue weighted by Gasteiger charge is -2.08. The zero-order chi connectivity index (χ0) is 15.9. The first-order chi connectivity index (χ1) is 10.5. The molecule has 3 N–H and O–H groups in total. The Labute approximate surface area is 131 Å². The molecule has 0 spiro atoms. The summed E-state index contributed by atoms with van der Waals surface area (Å²) in [5.41, 5.74) is 8.84. The maximum Gasteiger partial charge on any atom is 0.184 e. The second kappa shape index (κ2) is 7.46. The lowest BCUT2D eigenvalue weighted by Crippen LogP contribution is -2.23. The second-order valence-electron chi connectivity index (χ2n) is 4.34. The van der Waals surface area contributed by atoms with Crippen LogP contribution in [0.5, 0.6) is 5.75 Å². The third kappa shape index (κ3) is 4.78. The van der Waals surface area contributed by atoms with Crippen LogP contribution < -0.4 is 15.9 Å². The predicted octanol–water partition coefficient (Wildman–Crippen LogP) is 2.71. The van der Waals surface area contributed by atoms with Crippen LogP contribution in [0.2, 0.25) is 0 Å². The van der Waals surface area contributed by atoms with Crippen molar-refractivity contribution in [3.05, 3.63) is 65.2 Å². The van der Waals surface area contributed by atoms with E-state index < -0.39 is 5.82 Å². The molecule has 2 aromatic carbocycles. The van der Waals surface area contributed by atoms with Crippen molar-refractivity contribution >= 4 is 23.5 Å². The van der Waals surface area contributed by atoms with Crippen LogP contribution in [0.1, 0.15) is 11.1 Å². The molecule has 2 rings (SSSR count). The minimum absolute atomic E-state index is 0.0240. The molecule has 0 aliphatic heterocycles. The van der Waals surface area contributed by atoms with Gasteiger partial charge in [0.1, 0.15) is 12.4 Å². The molecule has 0 saturated carbocycles. The first kappa shape index (κ1) is 15.8. The summed E-state index contributed by atoms with van der Waals surface area (Å²) in [6.07, 6.45) is 1.38. The average molecular weight is 321 g/mol. The fourth-order valence-corrected chi connectivity index (χ4v) is 1.68. The molecular weight excluding hydrogens is 308 g/mol. The summed E-state index contributed by atoms with van der Waals surface area (Å²) in [5, 5.41) is 3.75. The number of rotatable bonds is 5. The number of halogens is 2. The lowest BCUT2D eigenvalue weighted by atomic mass is 10.2. The van der Waals surface area contributed by atoms with Crippen molar-refractivity contribution in [2.24, 2.45) is 10.8 Å². The molecule has 22 heavy (non-hydrogen) atoms. The van der Waals surface area contributed by atoms with Crippen molar-refractivity contribution < 1.29 is 13.5 Å². The number of hydrazone groups is 1. The number of nitrogens with zero attached hydrogens (tertiary/aromatic N) is 1. The van der Waals surface area contributed by atoms with Crippen LogP contribution in [-0.2, 0) is 6.61 Å². The summed E-state index contributed by atoms with van der Waals surface area (Å²) in [7, 11) is 0. The van der Waals surface area contributed by atoms with Crippen LogP contribution in [-0.4, -0.2) is 11.3 Å². The Balaban J connectivity index is 1.98. The normalized spacial score (nSPS) is 10.6. The fourth-order valence-electron chi connectivity index (χ4n) is 1.63. The van der Waals surface area contributed by atoms with Gasteiger partial charge in [0, 0.05) is 0 Å². The Bertz CT molecular complexity index is 690. The van der Waals surface area contributed by atoms with E-state index in [0.717, 1.165) is 5.56 Å². The Hall–Kier alpha value is -2.54. The Morgan fingerprint density at radius 3 is 2.59 bits per heavy atom. The highest BCUT2D eigenvalue weighted by Gasteiger charge is 2.04. The number of ether oxygens (including phenoxy) is 1. The van der Waals surface area contributed by atoms with Gasteiger partial charge in [-0.15, -0.1) is 0 Å². The standard InChI is InChI=1S/C15H13F2N3OS/c16-12-4-1-10(2-5-12)9-21-14-6-3-11(7-13(14)17)8-19-20-15(18)22/h1-8H,9H2,(H3,18,20,22). The fraction of sp³-hybridized carbons (Fsp3) is 0.0667. The van der Waals surface area contributed by atoms with Gasteiger partial charge in [-0.1, -0.05) is 12.1 Å². The van der Waals surface area contributed by atoms with E-state index in [-0.39, 0.29) is 23.3 Å². The first-order valence-electron chi connectivity index (χ1n) is 6.30. The smallest absolute Gasteiger partial charge is 0.184 e. The van der Waals surface area contributed by atoms with Crippen LogP contribution in [0.3, 0.4) is 0 Å². The van der Waals surface area contributed by atoms with Crippen LogP contribution in [0.15, 0.2) is 47.6 Å². The molecule has 0 bridgehead atoms. The van der Waals surface area contributed by atoms with Crippen molar-refractivity contribution in [3.8, 4) is 5.75 Å². The maximum atomic E-state index is 13.9. The van der Waals surface area contributed by atoms with Crippen LogP contribution in [0, 0.1) is 11.6 Å². The maximum absolute atomic E-state index is 13.9. The molecule has 0 atom stereocenters. The third-order valence-corrected chi connectivity index (χ3v) is 2.74. The van der Waals surface area contributed by atoms with E-state index in [1.54, 1.807) is 18.2 Å². The number of nitrogens with one attached hydrogen (secondary N) is 1. The lowest BCUT2D eigenvalue weighted by molar-refractivity contribution is 0.290. The first-order valence-corrected chi connectivity index (χ1v) is 6.71. The molecule has 0 saturated heterocycles. The molecule has 0 unspecified atom stereocenters. The largest absolute Gasteiger partial charge is 0.486 e. The van der Waals surface area contributed by atoms with Crippen LogP contribution >= 0.6 is 12.2 Å². The van der Waals surface area contributed by atoms with Crippen LogP contribution in [0.4, 0.5) is 8.78 Å². The second-order valence-corrected chi connectivity index (χ2v) is 4.78. The zero-order valence-corrected chi connectivity index (χ0v) is 12.2. The van der Waals surface area contributed by atoms with Gasteiger partial charge in [-0.05, 0) is 53.7 Å². The van der Waals surface area contributed by atoms with Crippen molar-refractivity contribution in [1.82, 2.24) is 5.43 Å². The Morgan fingerprint density at radius 2 is 1.95 bits per heavy atom. The SMILES string of the molecule is NC(=S)NN=Cc1ccc(OCc2ccc(F)cc2)c(F)c1. The van der Waals surface area contributed by atoms with E-state index in [1.165, 1.54) is 30.5 Å². The molecule has 0 aliphatic carbocycles. The van der Waals surface area contributed by atoms with E-state index in [0.29, 0.717) is 5.56 Å². The number of hydrogen-bond acceptors (Lipinski definition) is 3. The topological polar surface area (TPSA) is 59.6 Å². The number of nitrogens with two attached hydrogens (primary N) is 1. The molecule has 0 aliphatic rings. The highest BCUT2D eigenvalue weighted by molar-refractivity contribution is 7.80. The Morgan fingerprint density at radius 1 is 1.23 bits per heavy atom. The van der Waals surface area contributed by atoms with Crippen molar-refractivity contribution in [3.63, 3.8) is 0 Å². The molecule has 0 fully saturated rings. The van der Waals surface area contributed by atoms with Gasteiger partial charge in [-0.25, -0.2) is 8.78 Å². The van der Waals surface area contributed by atoms with Gasteiger partial charge in [0.05, 0.1) is 6.21 Å². The van der Waals surface area contributed by atoms with Gasteiger partial charge in [0.2, 0.25) is 0 Å². The van der Waals surface area contributed by atoms with Gasteiger partial charge >= 0.3 is 0 Å². The molecule has 7 heteroatoms. The summed E-state index contributed by atoms with van der Waals surface area (Å²) in [4.78, 5) is 0. The molecule has 114 valence electrons. The highest BCUT2D eigenvalue weighted by Crippen LogP contribution is 2.19. The summed E-state index contributed by atoms with van der Waals surface area (Å²) >= 11 is 4.58. The quantitative estimate of drug-likeness (QED) is 0.505. The van der Waals surface area contributed by atoms with E-state index in [1.807, 2.05) is 0 Å². The van der Waals surface area contributed by atoms with E-state index in [2.05, 4.69) is 22.7 Å². The summed E-state index contributed by atoms with van der Waals surface area (Å²) in [5.74, 6) is -0.755. The van der Waals surface area contributed by atoms with Gasteiger partial charge < -0.3 is 10.5 Å². The molecule has 0 heterocycles. The van der Waals surface area contributed by atoms with E-state index in [9.17, 15) is 8.78 Å². The van der Waals surface area contributed by atoms with Gasteiger partial charge in [-0.2, -0.15) is 5.10 Å². The van der Waals surface area contributed by atoms with Crippen molar-refractivity contribution in [2.45, 2.75) is 6.61 Å². The van der Waals surface area contributed by atoms with Gasteiger partial charge in [-0.3, -0.25) is 5.43 Å². The summed E-state index contributed by atoms with van der Waals surface area (Å²) < 4.78 is 32.0. The molecule has 2 aromatic rings. The van der Waals surface area contributed by atoms with Gasteiger partial charge in [0.25, 0.3) is 0 Å². The number of benzene rings is 2. The minimum Gasteiger partial charge on any atom is -0.486 e. The summed E-state index contributed by atoms with van der Waals surface area (Å²) in [6, 6.07) is 10.2. The molecule has 0 radical (unpaired) electrons. The van der Waals surface area contributed by atoms with Crippen molar-refractivity contribution in [2.75, 3.05) is 0 Å². The average Bonchev–Trinajstić information content (AvgIpc) is 2.48. The van der Waals surface area contributed by atoms with Gasteiger partial charge in [0.15, 0.2) is 16.7 Å². The molecule has 4 nitrogen and oxygen atoms in total. The highest BCUT2D eigenvalue weighted by atomic mass is 32.1.